The van der Waals surface area contributed by atoms with Gasteiger partial charge in [0.25, 0.3) is 5.91 Å². The lowest BCUT2D eigenvalue weighted by Gasteiger charge is -2.29. The van der Waals surface area contributed by atoms with E-state index < -0.39 is 29.9 Å². The first kappa shape index (κ1) is 24.4. The zero-order valence-electron chi connectivity index (χ0n) is 18.7. The van der Waals surface area contributed by atoms with Crippen molar-refractivity contribution in [2.75, 3.05) is 26.9 Å². The molecule has 0 fully saturated rings. The third kappa shape index (κ3) is 6.15. The number of urea groups is 1. The van der Waals surface area contributed by atoms with Crippen molar-refractivity contribution >= 4 is 23.9 Å². The molecule has 1 unspecified atom stereocenters. The number of carbonyl (C=O) groups excluding carboxylic acids is 4. The summed E-state index contributed by atoms with van der Waals surface area (Å²) in [6.45, 7) is 1.43. The average Bonchev–Trinajstić information content (AvgIpc) is 3.37. The number of ether oxygens (including phenoxy) is 3. The zero-order valence-corrected chi connectivity index (χ0v) is 18.7. The number of methoxy groups -OCH3 is 1. The SMILES string of the molecule is CCOC(=O)C1=C(COC(=O)CCNC(=O)c2ccco2)NC(=O)NC1c1ccc(OC)cc1. The number of rotatable bonds is 10. The van der Waals surface area contributed by atoms with E-state index in [1.54, 1.807) is 37.3 Å². The van der Waals surface area contributed by atoms with E-state index in [4.69, 9.17) is 18.6 Å². The Balaban J connectivity index is 1.69. The molecule has 0 aliphatic carbocycles. The Bertz CT molecular complexity index is 1060. The number of benzene rings is 1. The fourth-order valence-electron chi connectivity index (χ4n) is 3.23. The lowest BCUT2D eigenvalue weighted by molar-refractivity contribution is -0.143. The normalized spacial score (nSPS) is 15.1. The number of nitrogens with one attached hydrogen (secondary N) is 3. The van der Waals surface area contributed by atoms with Crippen LogP contribution in [0.5, 0.6) is 5.75 Å². The molecule has 3 N–H and O–H groups in total. The summed E-state index contributed by atoms with van der Waals surface area (Å²) in [4.78, 5) is 49.0. The Morgan fingerprint density at radius 1 is 1.12 bits per heavy atom. The molecule has 1 aromatic carbocycles. The minimum Gasteiger partial charge on any atom is -0.497 e. The zero-order chi connectivity index (χ0) is 24.5. The van der Waals surface area contributed by atoms with E-state index in [0.29, 0.717) is 11.3 Å². The Kier molecular flexibility index (Phi) is 8.27. The molecule has 180 valence electrons. The first-order chi connectivity index (χ1) is 16.4. The summed E-state index contributed by atoms with van der Waals surface area (Å²) < 4.78 is 20.5. The maximum atomic E-state index is 12.7. The van der Waals surface area contributed by atoms with Crippen LogP contribution in [0.25, 0.3) is 0 Å². The summed E-state index contributed by atoms with van der Waals surface area (Å²) in [5, 5.41) is 7.74. The molecular formula is C23H25N3O8. The first-order valence-electron chi connectivity index (χ1n) is 10.5. The van der Waals surface area contributed by atoms with E-state index in [1.165, 1.54) is 19.4 Å². The summed E-state index contributed by atoms with van der Waals surface area (Å²) in [5.41, 5.74) is 0.838. The van der Waals surface area contributed by atoms with E-state index >= 15 is 0 Å². The van der Waals surface area contributed by atoms with E-state index in [2.05, 4.69) is 16.0 Å². The highest BCUT2D eigenvalue weighted by molar-refractivity contribution is 5.95. The molecular weight excluding hydrogens is 446 g/mol. The van der Waals surface area contributed by atoms with Crippen molar-refractivity contribution in [3.05, 3.63) is 65.3 Å². The molecule has 1 aliphatic rings. The molecule has 1 atom stereocenters. The van der Waals surface area contributed by atoms with Crippen LogP contribution < -0.4 is 20.7 Å². The highest BCUT2D eigenvalue weighted by Crippen LogP contribution is 2.29. The molecule has 3 rings (SSSR count). The number of hydrogen-bond donors (Lipinski definition) is 3. The van der Waals surface area contributed by atoms with Gasteiger partial charge in [0.15, 0.2) is 5.76 Å². The van der Waals surface area contributed by atoms with Crippen LogP contribution in [-0.4, -0.2) is 50.7 Å². The molecule has 2 aromatic rings. The standard InChI is InChI=1S/C23H25N3O8/c1-3-32-22(29)19-16(13-34-18(27)10-11-24-21(28)17-5-4-12-33-17)25-23(30)26-20(19)14-6-8-15(31-2)9-7-14/h4-9,12,20H,3,10-11,13H2,1-2H3,(H,24,28)(H2,25,26,30). The van der Waals surface area contributed by atoms with Gasteiger partial charge in [0.05, 0.1) is 43.7 Å². The van der Waals surface area contributed by atoms with Gasteiger partial charge in [0, 0.05) is 6.54 Å². The van der Waals surface area contributed by atoms with Crippen molar-refractivity contribution in [2.24, 2.45) is 0 Å². The summed E-state index contributed by atoms with van der Waals surface area (Å²) in [5.74, 6) is -1.02. The monoisotopic (exact) mass is 471 g/mol. The number of amides is 3. The van der Waals surface area contributed by atoms with Crippen LogP contribution in [0.2, 0.25) is 0 Å². The van der Waals surface area contributed by atoms with Crippen LogP contribution in [-0.2, 0) is 19.1 Å². The molecule has 0 radical (unpaired) electrons. The highest BCUT2D eigenvalue weighted by Gasteiger charge is 2.34. The third-order valence-electron chi connectivity index (χ3n) is 4.84. The highest BCUT2D eigenvalue weighted by atomic mass is 16.5. The first-order valence-corrected chi connectivity index (χ1v) is 10.5. The molecule has 0 saturated heterocycles. The van der Waals surface area contributed by atoms with E-state index in [0.717, 1.165) is 0 Å². The minimum absolute atomic E-state index is 0.0184. The maximum Gasteiger partial charge on any atom is 0.338 e. The Labute approximate surface area is 195 Å². The number of furan rings is 1. The second-order valence-corrected chi connectivity index (χ2v) is 7.06. The van der Waals surface area contributed by atoms with E-state index in [1.807, 2.05) is 0 Å². The molecule has 34 heavy (non-hydrogen) atoms. The van der Waals surface area contributed by atoms with Gasteiger partial charge >= 0.3 is 18.0 Å². The Morgan fingerprint density at radius 2 is 1.88 bits per heavy atom. The van der Waals surface area contributed by atoms with Gasteiger partial charge in [-0.05, 0) is 36.8 Å². The van der Waals surface area contributed by atoms with E-state index in [9.17, 15) is 19.2 Å². The quantitative estimate of drug-likeness (QED) is 0.445. The predicted molar refractivity (Wildman–Crippen MR) is 118 cm³/mol. The second kappa shape index (κ2) is 11.5. The predicted octanol–water partition coefficient (Wildman–Crippen LogP) is 1.82. The van der Waals surface area contributed by atoms with Gasteiger partial charge in [-0.25, -0.2) is 9.59 Å². The number of hydrogen-bond acceptors (Lipinski definition) is 8. The summed E-state index contributed by atoms with van der Waals surface area (Å²) in [6.07, 6.45) is 1.24. The van der Waals surface area contributed by atoms with Gasteiger partial charge in [-0.3, -0.25) is 9.59 Å². The van der Waals surface area contributed by atoms with Crippen molar-refractivity contribution in [1.82, 2.24) is 16.0 Å². The van der Waals surface area contributed by atoms with Crippen LogP contribution in [0.1, 0.15) is 35.5 Å². The molecule has 1 aromatic heterocycles. The fraction of sp³-hybridized carbons (Fsp3) is 0.304. The largest absolute Gasteiger partial charge is 0.497 e. The number of esters is 2. The van der Waals surface area contributed by atoms with Gasteiger partial charge < -0.3 is 34.6 Å². The van der Waals surface area contributed by atoms with Gasteiger partial charge in [-0.2, -0.15) is 0 Å². The molecule has 2 heterocycles. The lowest BCUT2D eigenvalue weighted by atomic mass is 9.95. The average molecular weight is 471 g/mol. The van der Waals surface area contributed by atoms with Crippen molar-refractivity contribution in [1.29, 1.82) is 0 Å². The molecule has 0 saturated carbocycles. The number of carbonyl (C=O) groups is 4. The van der Waals surface area contributed by atoms with Crippen LogP contribution >= 0.6 is 0 Å². The third-order valence-corrected chi connectivity index (χ3v) is 4.84. The lowest BCUT2D eigenvalue weighted by Crippen LogP contribution is -2.47. The van der Waals surface area contributed by atoms with Crippen LogP contribution in [0.3, 0.4) is 0 Å². The Morgan fingerprint density at radius 3 is 2.53 bits per heavy atom. The minimum atomic E-state index is -0.819. The summed E-state index contributed by atoms with van der Waals surface area (Å²) in [6, 6.07) is 8.50. The molecule has 11 heteroatoms. The van der Waals surface area contributed by atoms with Crippen LogP contribution in [0.15, 0.2) is 58.3 Å². The van der Waals surface area contributed by atoms with Crippen molar-refractivity contribution in [2.45, 2.75) is 19.4 Å². The maximum absolute atomic E-state index is 12.7. The molecule has 11 nitrogen and oxygen atoms in total. The van der Waals surface area contributed by atoms with Crippen LogP contribution in [0, 0.1) is 0 Å². The molecule has 3 amide bonds. The molecule has 1 aliphatic heterocycles. The summed E-state index contributed by atoms with van der Waals surface area (Å²) >= 11 is 0. The van der Waals surface area contributed by atoms with E-state index in [-0.39, 0.29) is 43.2 Å². The van der Waals surface area contributed by atoms with Gasteiger partial charge in [-0.1, -0.05) is 12.1 Å². The van der Waals surface area contributed by atoms with Crippen molar-refractivity contribution in [3.8, 4) is 5.75 Å². The van der Waals surface area contributed by atoms with Crippen molar-refractivity contribution in [3.63, 3.8) is 0 Å². The fourth-order valence-corrected chi connectivity index (χ4v) is 3.23. The summed E-state index contributed by atoms with van der Waals surface area (Å²) in [7, 11) is 1.53. The molecule has 0 spiro atoms. The van der Waals surface area contributed by atoms with Crippen LogP contribution in [0.4, 0.5) is 4.79 Å². The second-order valence-electron chi connectivity index (χ2n) is 7.06. The van der Waals surface area contributed by atoms with Gasteiger partial charge in [0.2, 0.25) is 0 Å². The van der Waals surface area contributed by atoms with Gasteiger partial charge in [0.1, 0.15) is 12.4 Å². The molecule has 0 bridgehead atoms. The smallest absolute Gasteiger partial charge is 0.338 e. The Hall–Kier alpha value is -4.28. The van der Waals surface area contributed by atoms with Crippen molar-refractivity contribution < 1.29 is 37.8 Å². The van der Waals surface area contributed by atoms with Gasteiger partial charge in [-0.15, -0.1) is 0 Å². The topological polar surface area (TPSA) is 145 Å².